The van der Waals surface area contributed by atoms with Gasteiger partial charge in [-0.15, -0.1) is 35.3 Å². The first kappa shape index (κ1) is 35.6. The summed E-state index contributed by atoms with van der Waals surface area (Å²) in [6.07, 6.45) is 22.3. The van der Waals surface area contributed by atoms with Crippen molar-refractivity contribution >= 4 is 57.1 Å². The molecule has 1 rings (SSSR count). The Bertz CT molecular complexity index is 661. The van der Waals surface area contributed by atoms with Crippen LogP contribution in [0, 0.1) is 0 Å². The second kappa shape index (κ2) is 24.9. The fraction of sp³-hybridized carbons (Fsp3) is 0.885. The first-order valence-electron chi connectivity index (χ1n) is 13.5. The van der Waals surface area contributed by atoms with E-state index in [4.69, 9.17) is 4.74 Å². The Morgan fingerprint density at radius 2 is 1.51 bits per heavy atom. The van der Waals surface area contributed by atoms with Gasteiger partial charge in [0.1, 0.15) is 0 Å². The summed E-state index contributed by atoms with van der Waals surface area (Å²) < 4.78 is 32.6. The van der Waals surface area contributed by atoms with E-state index in [1.54, 1.807) is 24.6 Å². The number of hydrogen-bond acceptors (Lipinski definition) is 6. The van der Waals surface area contributed by atoms with Crippen LogP contribution in [0.3, 0.4) is 0 Å². The number of rotatable bonds is 25. The Labute approximate surface area is 241 Å². The smallest absolute Gasteiger partial charge is 0.211 e. The average molecular weight is 663 g/mol. The Hall–Kier alpha value is 0.580. The molecule has 0 aromatic carbocycles. The van der Waals surface area contributed by atoms with Crippen LogP contribution in [0.1, 0.15) is 108 Å². The Morgan fingerprint density at radius 1 is 0.943 bits per heavy atom. The molecule has 0 fully saturated rings. The molecular weight excluding hydrogens is 611 g/mol. The predicted molar refractivity (Wildman–Crippen MR) is 166 cm³/mol. The van der Waals surface area contributed by atoms with Gasteiger partial charge in [0.15, 0.2) is 0 Å². The van der Waals surface area contributed by atoms with Crippen LogP contribution in [0.4, 0.5) is 0 Å². The summed E-state index contributed by atoms with van der Waals surface area (Å²) in [5.74, 6) is 2.09. The minimum Gasteiger partial charge on any atom is -0.379 e. The second-order valence-electron chi connectivity index (χ2n) is 9.23. The molecule has 0 saturated carbocycles. The molecule has 5 nitrogen and oxygen atoms in total. The molecule has 1 heterocycles. The third kappa shape index (κ3) is 22.3. The molecule has 1 unspecified atom stereocenters. The summed E-state index contributed by atoms with van der Waals surface area (Å²) in [5.41, 5.74) is 0. The average Bonchev–Trinajstić information content (AvgIpc) is 3.34. The van der Waals surface area contributed by atoms with Gasteiger partial charge in [-0.3, -0.25) is 0 Å². The molecule has 0 saturated heterocycles. The molecule has 0 aliphatic rings. The van der Waals surface area contributed by atoms with Gasteiger partial charge in [0.2, 0.25) is 10.0 Å². The van der Waals surface area contributed by atoms with Crippen molar-refractivity contribution in [3.63, 3.8) is 0 Å². The number of halogens is 1. The van der Waals surface area contributed by atoms with E-state index in [0.29, 0.717) is 19.4 Å². The lowest BCUT2D eigenvalue weighted by Gasteiger charge is -2.16. The van der Waals surface area contributed by atoms with Crippen molar-refractivity contribution in [1.82, 2.24) is 9.71 Å². The maximum absolute atomic E-state index is 12.2. The van der Waals surface area contributed by atoms with Gasteiger partial charge in [0.05, 0.1) is 16.9 Å². The largest absolute Gasteiger partial charge is 0.379 e. The van der Waals surface area contributed by atoms with E-state index < -0.39 is 10.0 Å². The van der Waals surface area contributed by atoms with Crippen LogP contribution >= 0.6 is 47.1 Å². The number of hydrogen-bond donors (Lipinski definition) is 1. The fourth-order valence-electron chi connectivity index (χ4n) is 3.91. The summed E-state index contributed by atoms with van der Waals surface area (Å²) in [6.45, 7) is 2.63. The van der Waals surface area contributed by atoms with E-state index in [1.807, 2.05) is 17.1 Å². The van der Waals surface area contributed by atoms with Crippen LogP contribution in [0.25, 0.3) is 0 Å². The van der Waals surface area contributed by atoms with Crippen molar-refractivity contribution < 1.29 is 13.2 Å². The maximum atomic E-state index is 12.2. The summed E-state index contributed by atoms with van der Waals surface area (Å²) in [6, 6.07) is 0. The number of thioether (sulfide) groups is 1. The zero-order valence-corrected chi connectivity index (χ0v) is 27.0. The minimum atomic E-state index is -3.26. The highest BCUT2D eigenvalue weighted by Gasteiger charge is 2.14. The van der Waals surface area contributed by atoms with Crippen molar-refractivity contribution in [2.24, 2.45) is 0 Å². The second-order valence-corrected chi connectivity index (χ2v) is 13.3. The monoisotopic (exact) mass is 662 g/mol. The normalized spacial score (nSPS) is 12.5. The number of methoxy groups -OCH3 is 1. The van der Waals surface area contributed by atoms with E-state index in [1.165, 1.54) is 89.9 Å². The number of nitrogens with zero attached hydrogens (tertiary/aromatic N) is 1. The van der Waals surface area contributed by atoms with E-state index >= 15 is 0 Å². The van der Waals surface area contributed by atoms with E-state index in [-0.39, 0.29) is 35.8 Å². The predicted octanol–water partition coefficient (Wildman–Crippen LogP) is 7.84. The molecule has 0 spiro atoms. The third-order valence-electron chi connectivity index (χ3n) is 6.10. The summed E-state index contributed by atoms with van der Waals surface area (Å²) in [7, 11) is -1.60. The Kier molecular flexibility index (Phi) is 25.3. The van der Waals surface area contributed by atoms with E-state index in [2.05, 4.69) is 16.6 Å². The third-order valence-corrected chi connectivity index (χ3v) is 9.55. The molecule has 0 aliphatic carbocycles. The number of sulfonamides is 1. The van der Waals surface area contributed by atoms with Crippen molar-refractivity contribution in [1.29, 1.82) is 0 Å². The lowest BCUT2D eigenvalue weighted by atomic mass is 10.0. The van der Waals surface area contributed by atoms with Crippen molar-refractivity contribution in [3.8, 4) is 0 Å². The first-order chi connectivity index (χ1) is 16.6. The van der Waals surface area contributed by atoms with Gasteiger partial charge in [-0.2, -0.15) is 11.8 Å². The van der Waals surface area contributed by atoms with Crippen molar-refractivity contribution in [2.75, 3.05) is 30.9 Å². The lowest BCUT2D eigenvalue weighted by Crippen LogP contribution is -2.36. The molecule has 0 aliphatic heterocycles. The van der Waals surface area contributed by atoms with Crippen LogP contribution < -0.4 is 4.72 Å². The molecule has 1 atom stereocenters. The Balaban J connectivity index is 0.0000116. The number of aryl methyl sites for hydroxylation is 1. The van der Waals surface area contributed by atoms with Gasteiger partial charge < -0.3 is 4.74 Å². The standard InChI is InChI=1S/C26H50N2O3S3.HI/c1-3-4-5-6-7-8-9-10-11-12-13-14-15-16-20-32-24-25(31-2)23-28-34(29,30)22-17-18-26-27-19-21-33-26;/h19,21,25,28H,3-18,20,22-24H2,1-2H3;1H. The topological polar surface area (TPSA) is 68.3 Å². The maximum Gasteiger partial charge on any atom is 0.211 e. The lowest BCUT2D eigenvalue weighted by molar-refractivity contribution is 0.126. The molecule has 1 N–H and O–H groups in total. The summed E-state index contributed by atoms with van der Waals surface area (Å²) in [4.78, 5) is 4.20. The number of unbranched alkanes of at least 4 members (excludes halogenated alkanes) is 13. The van der Waals surface area contributed by atoms with E-state index in [0.717, 1.165) is 16.5 Å². The van der Waals surface area contributed by atoms with Gasteiger partial charge in [-0.25, -0.2) is 18.1 Å². The quantitative estimate of drug-likeness (QED) is 0.0854. The minimum absolute atomic E-state index is 0. The molecule has 9 heteroatoms. The molecule has 1 aromatic heterocycles. The number of nitrogens with one attached hydrogen (secondary N) is 1. The van der Waals surface area contributed by atoms with Gasteiger partial charge in [0, 0.05) is 37.4 Å². The highest BCUT2D eigenvalue weighted by Crippen LogP contribution is 2.15. The number of aromatic nitrogens is 1. The van der Waals surface area contributed by atoms with Crippen molar-refractivity contribution in [3.05, 3.63) is 16.6 Å². The zero-order chi connectivity index (χ0) is 24.7. The van der Waals surface area contributed by atoms with E-state index in [9.17, 15) is 8.42 Å². The fourth-order valence-corrected chi connectivity index (χ4v) is 6.77. The number of thiazole rings is 1. The van der Waals surface area contributed by atoms with Gasteiger partial charge >= 0.3 is 0 Å². The Morgan fingerprint density at radius 3 is 2.03 bits per heavy atom. The first-order valence-corrected chi connectivity index (χ1v) is 17.2. The highest BCUT2D eigenvalue weighted by molar-refractivity contribution is 14.0. The summed E-state index contributed by atoms with van der Waals surface area (Å²) >= 11 is 3.44. The van der Waals surface area contributed by atoms with Gasteiger partial charge in [0.25, 0.3) is 0 Å². The highest BCUT2D eigenvalue weighted by atomic mass is 127. The van der Waals surface area contributed by atoms with Crippen LogP contribution in [-0.4, -0.2) is 50.4 Å². The van der Waals surface area contributed by atoms with Gasteiger partial charge in [-0.05, 0) is 18.6 Å². The molecule has 0 bridgehead atoms. The molecule has 1 aromatic rings. The molecular formula is C26H51IN2O3S3. The van der Waals surface area contributed by atoms with Crippen LogP contribution in [0.5, 0.6) is 0 Å². The molecule has 208 valence electrons. The van der Waals surface area contributed by atoms with Gasteiger partial charge in [-0.1, -0.05) is 90.4 Å². The number of ether oxygens (including phenoxy) is 1. The van der Waals surface area contributed by atoms with Crippen LogP contribution in [0.15, 0.2) is 11.6 Å². The summed E-state index contributed by atoms with van der Waals surface area (Å²) in [5, 5.41) is 2.91. The zero-order valence-electron chi connectivity index (χ0n) is 22.2. The molecule has 35 heavy (non-hydrogen) atoms. The van der Waals surface area contributed by atoms with Crippen molar-refractivity contribution in [2.45, 2.75) is 116 Å². The molecule has 0 radical (unpaired) electrons. The van der Waals surface area contributed by atoms with Crippen LogP contribution in [-0.2, 0) is 21.2 Å². The van der Waals surface area contributed by atoms with Crippen LogP contribution in [0.2, 0.25) is 0 Å². The SMILES string of the molecule is CCCCCCCCCCCCCCCCSCC(CNS(=O)(=O)CCCc1nccs1)OC.I. The molecule has 0 amide bonds.